The Labute approximate surface area is 591 Å². The molecular weight excluding hydrogens is 1320 g/mol. The highest BCUT2D eigenvalue weighted by atomic mass is 35.5. The standard InChI is InChI=1S/C71H105ClF3N13O12/c1-14-45(4)60-67(98)82(8)42-58(91)80(6)43-59(92)84(10)54(37-47-24-17-15-18-25-47)65(96)81(7)41-56(89)77-52(30-28-48-27-29-50(51(72)36-48)71(73,74)75)64(95)85(11)53(38-49-26-23-33-76-40-49)63(94)79-70(31-19-20-32-70)69(100)87(13)61(44(2)3)68(99)86(12)55(66(97)88-34-21-16-22-35-88)39-57(90)83(9)46(5)62(93)78-60/h23,26-27,29,33,36,40,44-47,52-55,60-61H,14-22,24-25,28,30-32,34-35,37-39,41-43H2,1-13H3,(H,77,89)(H,78,93)(H,79,94)/t45-,46-,52-,53-,54-,55-,60-,61-/m0/s1. The van der Waals surface area contributed by atoms with Gasteiger partial charge in [-0.15, -0.1) is 0 Å². The normalized spacial score (nSPS) is 25.2. The van der Waals surface area contributed by atoms with Crippen LogP contribution in [0, 0.1) is 17.8 Å². The summed E-state index contributed by atoms with van der Waals surface area (Å²) >= 11 is 6.17. The van der Waals surface area contributed by atoms with Gasteiger partial charge in [-0.05, 0) is 105 Å². The van der Waals surface area contributed by atoms with Crippen molar-refractivity contribution in [3.8, 4) is 0 Å². The zero-order chi connectivity index (χ0) is 74.2. The van der Waals surface area contributed by atoms with Crippen LogP contribution in [0.1, 0.15) is 154 Å². The summed E-state index contributed by atoms with van der Waals surface area (Å²) in [6.07, 6.45) is 5.17. The minimum atomic E-state index is -4.78. The van der Waals surface area contributed by atoms with Crippen LogP contribution in [-0.2, 0) is 76.6 Å². The van der Waals surface area contributed by atoms with Crippen molar-refractivity contribution >= 4 is 82.5 Å². The third-order valence-corrected chi connectivity index (χ3v) is 21.1. The van der Waals surface area contributed by atoms with Gasteiger partial charge < -0.3 is 60.0 Å². The fourth-order valence-corrected chi connectivity index (χ4v) is 14.3. The van der Waals surface area contributed by atoms with E-state index in [0.29, 0.717) is 50.8 Å². The summed E-state index contributed by atoms with van der Waals surface area (Å²) in [4.78, 5) is 193. The number of rotatable bonds is 11. The summed E-state index contributed by atoms with van der Waals surface area (Å²) in [5, 5.41) is 7.94. The Bertz CT molecular complexity index is 3260. The first-order chi connectivity index (χ1) is 47.0. The lowest BCUT2D eigenvalue weighted by Crippen LogP contribution is -2.65. The van der Waals surface area contributed by atoms with Crippen molar-refractivity contribution in [2.45, 2.75) is 204 Å². The number of halogens is 4. The minimum absolute atomic E-state index is 0.000914. The van der Waals surface area contributed by atoms with Crippen molar-refractivity contribution in [1.29, 1.82) is 0 Å². The third-order valence-electron chi connectivity index (χ3n) is 20.8. The molecule has 1 spiro atoms. The molecule has 0 unspecified atom stereocenters. The molecule has 3 N–H and O–H groups in total. The molecule has 2 saturated carbocycles. The van der Waals surface area contributed by atoms with E-state index in [1.165, 1.54) is 91.6 Å². The second-order valence-corrected chi connectivity index (χ2v) is 28.8. The maximum Gasteiger partial charge on any atom is 0.417 e. The molecule has 2 aromatic rings. The van der Waals surface area contributed by atoms with Crippen LogP contribution < -0.4 is 16.0 Å². The molecule has 29 heteroatoms. The maximum absolute atomic E-state index is 15.6. The van der Waals surface area contributed by atoms with E-state index in [-0.39, 0.29) is 50.0 Å². The largest absolute Gasteiger partial charge is 0.417 e. The topological polar surface area (TPSA) is 283 Å². The summed E-state index contributed by atoms with van der Waals surface area (Å²) in [6, 6.07) is -2.94. The van der Waals surface area contributed by atoms with E-state index in [4.69, 9.17) is 11.6 Å². The number of carbonyl (C=O) groups is 12. The molecule has 554 valence electrons. The number of nitrogens with one attached hydrogen (secondary N) is 3. The molecule has 2 aliphatic carbocycles. The number of pyridine rings is 1. The van der Waals surface area contributed by atoms with Gasteiger partial charge >= 0.3 is 6.18 Å². The van der Waals surface area contributed by atoms with Crippen LogP contribution in [-0.4, -0.2) is 257 Å². The molecule has 4 aliphatic rings. The van der Waals surface area contributed by atoms with Crippen LogP contribution in [0.2, 0.25) is 5.02 Å². The number of likely N-dealkylation sites (N-methyl/N-ethyl adjacent to an activating group) is 8. The van der Waals surface area contributed by atoms with E-state index in [0.717, 1.165) is 80.1 Å². The van der Waals surface area contributed by atoms with Gasteiger partial charge in [0.15, 0.2) is 0 Å². The van der Waals surface area contributed by atoms with Crippen molar-refractivity contribution in [3.05, 3.63) is 64.4 Å². The number of piperidine rings is 1. The minimum Gasteiger partial charge on any atom is -0.343 e. The molecule has 2 aliphatic heterocycles. The zero-order valence-electron chi connectivity index (χ0n) is 60.5. The average molecular weight is 1430 g/mol. The highest BCUT2D eigenvalue weighted by Crippen LogP contribution is 2.37. The third kappa shape index (κ3) is 20.6. The predicted molar refractivity (Wildman–Crippen MR) is 368 cm³/mol. The molecule has 25 nitrogen and oxygen atoms in total. The van der Waals surface area contributed by atoms with Crippen LogP contribution in [0.4, 0.5) is 13.2 Å². The van der Waals surface area contributed by atoms with Gasteiger partial charge in [-0.2, -0.15) is 13.2 Å². The predicted octanol–water partition coefficient (Wildman–Crippen LogP) is 4.95. The van der Waals surface area contributed by atoms with E-state index in [1.54, 1.807) is 37.8 Å². The maximum atomic E-state index is 15.6. The molecule has 6 rings (SSSR count). The van der Waals surface area contributed by atoms with Crippen LogP contribution in [0.15, 0.2) is 42.7 Å². The summed E-state index contributed by atoms with van der Waals surface area (Å²) in [5.41, 5.74) is -2.03. The van der Waals surface area contributed by atoms with E-state index >= 15 is 19.2 Å². The van der Waals surface area contributed by atoms with Crippen molar-refractivity contribution in [1.82, 2.24) is 65.0 Å². The molecule has 4 fully saturated rings. The van der Waals surface area contributed by atoms with Crippen LogP contribution in [0.5, 0.6) is 0 Å². The number of aryl methyl sites for hydroxylation is 1. The number of hydrogen-bond acceptors (Lipinski definition) is 13. The number of aromatic nitrogens is 1. The van der Waals surface area contributed by atoms with Crippen LogP contribution >= 0.6 is 11.6 Å². The lowest BCUT2D eigenvalue weighted by Gasteiger charge is -2.42. The molecular formula is C71H105ClF3N13O12. The van der Waals surface area contributed by atoms with Crippen LogP contribution in [0.3, 0.4) is 0 Å². The molecule has 1 aromatic heterocycles. The highest BCUT2D eigenvalue weighted by molar-refractivity contribution is 6.31. The number of likely N-dealkylation sites (tertiary alicyclic amines) is 1. The average Bonchev–Trinajstić information content (AvgIpc) is 1.45. The van der Waals surface area contributed by atoms with E-state index in [9.17, 15) is 51.5 Å². The Balaban J connectivity index is 1.45. The first-order valence-corrected chi connectivity index (χ1v) is 35.4. The monoisotopic (exact) mass is 1420 g/mol. The van der Waals surface area contributed by atoms with Gasteiger partial charge in [0.2, 0.25) is 70.9 Å². The van der Waals surface area contributed by atoms with Crippen molar-refractivity contribution in [3.63, 3.8) is 0 Å². The molecule has 2 saturated heterocycles. The van der Waals surface area contributed by atoms with Gasteiger partial charge in [-0.1, -0.05) is 103 Å². The van der Waals surface area contributed by atoms with Crippen molar-refractivity contribution < 1.29 is 70.7 Å². The number of carbonyl (C=O) groups excluding carboxylic acids is 12. The fourth-order valence-electron chi connectivity index (χ4n) is 14.0. The molecule has 0 bridgehead atoms. The van der Waals surface area contributed by atoms with E-state index < -0.39 is 173 Å². The number of benzene rings is 1. The first-order valence-electron chi connectivity index (χ1n) is 35.0. The Hall–Kier alpha value is -7.91. The van der Waals surface area contributed by atoms with Gasteiger partial charge in [0.25, 0.3) is 0 Å². The lowest BCUT2D eigenvalue weighted by molar-refractivity contribution is -0.156. The van der Waals surface area contributed by atoms with E-state index in [1.807, 2.05) is 6.92 Å². The molecule has 8 atom stereocenters. The highest BCUT2D eigenvalue weighted by Gasteiger charge is 2.50. The summed E-state index contributed by atoms with van der Waals surface area (Å²) < 4.78 is 41.8. The molecule has 12 amide bonds. The Morgan fingerprint density at radius 1 is 0.660 bits per heavy atom. The van der Waals surface area contributed by atoms with E-state index in [2.05, 4.69) is 20.9 Å². The number of amides is 12. The van der Waals surface area contributed by atoms with Crippen LogP contribution in [0.25, 0.3) is 0 Å². The van der Waals surface area contributed by atoms with Gasteiger partial charge in [0.1, 0.15) is 47.8 Å². The summed E-state index contributed by atoms with van der Waals surface area (Å²) in [5.74, 6) is -9.59. The molecule has 3 heterocycles. The van der Waals surface area contributed by atoms with Gasteiger partial charge in [0.05, 0.1) is 36.6 Å². The quantitative estimate of drug-likeness (QED) is 0.269. The Kier molecular flexibility index (Phi) is 29.3. The second-order valence-electron chi connectivity index (χ2n) is 28.4. The second kappa shape index (κ2) is 36.1. The van der Waals surface area contributed by atoms with Crippen molar-refractivity contribution in [2.75, 3.05) is 89.1 Å². The smallest absolute Gasteiger partial charge is 0.343 e. The molecule has 100 heavy (non-hydrogen) atoms. The van der Waals surface area contributed by atoms with Gasteiger partial charge in [-0.25, -0.2) is 0 Å². The Morgan fingerprint density at radius 2 is 1.28 bits per heavy atom. The summed E-state index contributed by atoms with van der Waals surface area (Å²) in [6.45, 7) is 7.36. The number of nitrogens with zero attached hydrogens (tertiary/aromatic N) is 10. The molecule has 1 aromatic carbocycles. The van der Waals surface area contributed by atoms with Crippen molar-refractivity contribution in [2.24, 2.45) is 17.8 Å². The van der Waals surface area contributed by atoms with Gasteiger partial charge in [0, 0.05) is 88.3 Å². The zero-order valence-corrected chi connectivity index (χ0v) is 61.2. The number of hydrogen-bond donors (Lipinski definition) is 3. The fraction of sp³-hybridized carbons (Fsp3) is 0.676. The lowest BCUT2D eigenvalue weighted by atomic mass is 9.84. The number of alkyl halides is 3. The summed E-state index contributed by atoms with van der Waals surface area (Å²) in [7, 11) is 11.0. The SMILES string of the molecule is CC[C@H](C)[C@@H]1NC(=O)[C@H](C)N(C)C(=O)C[C@@H](C(=O)N2CCCCC2)N(C)C(=O)[C@H](C(C)C)N(C)C(=O)C2(CCCC2)NC(=O)[C@H](Cc2cccnc2)N(C)C(=O)[C@H](CCc2ccc(C(F)(F)F)c(Cl)c2)NC(=O)CN(C)C(=O)[C@H](CC2CCCCC2)N(C)C(=O)CN(C)C(=O)CN(C)C1=O. The molecule has 0 radical (unpaired) electrons. The first kappa shape index (κ1) is 81.1. The Morgan fingerprint density at radius 3 is 1.87 bits per heavy atom. The van der Waals surface area contributed by atoms with Gasteiger partial charge in [-0.3, -0.25) is 62.5 Å².